The number of benzene rings is 2. The van der Waals surface area contributed by atoms with Gasteiger partial charge in [-0.2, -0.15) is 8.42 Å². The molecule has 1 atom stereocenters. The number of hydrogen-bond donors (Lipinski definition) is 1. The number of hydrogen-bond acceptors (Lipinski definition) is 6. The van der Waals surface area contributed by atoms with Crippen molar-refractivity contribution in [2.75, 3.05) is 0 Å². The quantitative estimate of drug-likeness (QED) is 0.798. The average molecular weight is 383 g/mol. The molecule has 25 heavy (non-hydrogen) atoms. The maximum atomic E-state index is 12.7. The Bertz CT molecular complexity index is 1080. The molecule has 1 heterocycles. The van der Waals surface area contributed by atoms with Gasteiger partial charge in [0.1, 0.15) is 5.70 Å². The molecule has 2 N–H and O–H groups in total. The molecule has 6 nitrogen and oxygen atoms in total. The number of nitrogens with two attached hydrogens (primary N) is 1. The fraction of sp³-hybridized carbons (Fsp3) is 0.118. The first kappa shape index (κ1) is 13.7. The highest BCUT2D eigenvalue weighted by Crippen LogP contribution is 2.35. The number of Topliss-reactive ketones (excluding diaryl/α,β-unsaturated/α-hetero) is 1. The Labute approximate surface area is 154 Å². The first-order valence-electron chi connectivity index (χ1n) is 8.49. The number of rotatable bonds is 5. The SMILES string of the molecule is [2H]C([2H])(c1ccccc1)S(=O)(=O)OC1=C(N)O[C@@]([2H])(c2ccccc2Cl)C1=O. The molecule has 8 heteroatoms. The highest BCUT2D eigenvalue weighted by atomic mass is 35.5. The van der Waals surface area contributed by atoms with E-state index in [4.69, 9.17) is 30.4 Å². The van der Waals surface area contributed by atoms with Crippen LogP contribution in [0.1, 0.15) is 21.3 Å². The van der Waals surface area contributed by atoms with Crippen LogP contribution in [0, 0.1) is 0 Å². The highest BCUT2D eigenvalue weighted by molar-refractivity contribution is 7.86. The Hall–Kier alpha value is -2.51. The fourth-order valence-corrected chi connectivity index (χ4v) is 3.17. The molecule has 2 aromatic carbocycles. The van der Waals surface area contributed by atoms with Gasteiger partial charge in [-0.25, -0.2) is 0 Å². The van der Waals surface area contributed by atoms with Crippen LogP contribution in [0.2, 0.25) is 5.02 Å². The zero-order valence-corrected chi connectivity index (χ0v) is 14.2. The third kappa shape index (κ3) is 3.78. The van der Waals surface area contributed by atoms with Crippen LogP contribution in [0.4, 0.5) is 0 Å². The number of carbonyl (C=O) groups is 1. The molecule has 2 aromatic rings. The van der Waals surface area contributed by atoms with Crippen molar-refractivity contribution in [1.29, 1.82) is 0 Å². The smallest absolute Gasteiger partial charge is 0.313 e. The predicted molar refractivity (Wildman–Crippen MR) is 91.6 cm³/mol. The summed E-state index contributed by atoms with van der Waals surface area (Å²) >= 11 is 6.01. The van der Waals surface area contributed by atoms with Gasteiger partial charge in [0, 0.05) is 10.6 Å². The summed E-state index contributed by atoms with van der Waals surface area (Å²) < 4.78 is 59.0. The van der Waals surface area contributed by atoms with Gasteiger partial charge in [-0.1, -0.05) is 60.1 Å². The summed E-state index contributed by atoms with van der Waals surface area (Å²) in [4.78, 5) is 12.7. The van der Waals surface area contributed by atoms with E-state index in [1.165, 1.54) is 42.5 Å². The summed E-state index contributed by atoms with van der Waals surface area (Å²) in [5.74, 6) is -2.95. The third-order valence-corrected chi connectivity index (χ3v) is 4.38. The van der Waals surface area contributed by atoms with Gasteiger partial charge in [0.25, 0.3) is 0 Å². The summed E-state index contributed by atoms with van der Waals surface area (Å²) in [6.45, 7) is 0. The second kappa shape index (κ2) is 6.78. The van der Waals surface area contributed by atoms with E-state index in [1.807, 2.05) is 0 Å². The Morgan fingerprint density at radius 2 is 1.84 bits per heavy atom. The Balaban J connectivity index is 1.96. The minimum Gasteiger partial charge on any atom is -0.460 e. The van der Waals surface area contributed by atoms with Gasteiger partial charge in [-0.3, -0.25) is 4.79 Å². The van der Waals surface area contributed by atoms with Crippen LogP contribution in [0.5, 0.6) is 0 Å². The first-order valence-corrected chi connectivity index (χ1v) is 8.77. The lowest BCUT2D eigenvalue weighted by Crippen LogP contribution is -2.16. The van der Waals surface area contributed by atoms with Crippen molar-refractivity contribution in [1.82, 2.24) is 0 Å². The van der Waals surface area contributed by atoms with Crippen LogP contribution in [0.25, 0.3) is 0 Å². The molecule has 0 aromatic heterocycles. The molecule has 0 fully saturated rings. The summed E-state index contributed by atoms with van der Waals surface area (Å²) in [5, 5.41) is 0.0300. The summed E-state index contributed by atoms with van der Waals surface area (Å²) in [6, 6.07) is 12.8. The molecule has 0 unspecified atom stereocenters. The van der Waals surface area contributed by atoms with Crippen molar-refractivity contribution in [2.45, 2.75) is 11.8 Å². The Morgan fingerprint density at radius 1 is 1.20 bits per heavy atom. The van der Waals surface area contributed by atoms with Crippen LogP contribution in [-0.4, -0.2) is 14.2 Å². The van der Waals surface area contributed by atoms with Crippen LogP contribution in [-0.2, 0) is 29.5 Å². The van der Waals surface area contributed by atoms with Gasteiger partial charge in [-0.05, 0) is 11.6 Å². The van der Waals surface area contributed by atoms with E-state index in [0.717, 1.165) is 0 Å². The maximum absolute atomic E-state index is 12.7. The lowest BCUT2D eigenvalue weighted by Gasteiger charge is -2.11. The second-order valence-electron chi connectivity index (χ2n) is 4.94. The molecule has 1 aliphatic heterocycles. The summed E-state index contributed by atoms with van der Waals surface area (Å²) in [7, 11) is -5.03. The molecule has 0 spiro atoms. The standard InChI is InChI=1S/C17H14ClNO5S/c18-13-9-5-4-8-12(13)15-14(20)16(17(19)23-15)24-25(21,22)10-11-6-2-1-3-7-11/h1-9,15H,10,19H2/t15-/m0/s1/i10D2,15D. The van der Waals surface area contributed by atoms with Crippen LogP contribution >= 0.6 is 11.6 Å². The van der Waals surface area contributed by atoms with Crippen LogP contribution < -0.4 is 5.73 Å². The highest BCUT2D eigenvalue weighted by Gasteiger charge is 2.40. The molecule has 0 radical (unpaired) electrons. The Kier molecular flexibility index (Phi) is 3.73. The largest absolute Gasteiger partial charge is 0.460 e. The lowest BCUT2D eigenvalue weighted by molar-refractivity contribution is -0.123. The summed E-state index contributed by atoms with van der Waals surface area (Å²) in [5.41, 5.74) is 2.33. The van der Waals surface area contributed by atoms with E-state index in [-0.39, 0.29) is 16.1 Å². The van der Waals surface area contributed by atoms with Gasteiger partial charge < -0.3 is 14.7 Å². The van der Waals surface area contributed by atoms with Crippen molar-refractivity contribution in [2.24, 2.45) is 5.73 Å². The number of ether oxygens (including phenoxy) is 1. The number of ketones is 1. The minimum absolute atomic E-state index is 0.0300. The van der Waals surface area contributed by atoms with Gasteiger partial charge >= 0.3 is 10.1 Å². The Morgan fingerprint density at radius 3 is 2.52 bits per heavy atom. The van der Waals surface area contributed by atoms with E-state index in [0.29, 0.717) is 0 Å². The molecule has 130 valence electrons. The van der Waals surface area contributed by atoms with Gasteiger partial charge in [-0.15, -0.1) is 0 Å². The molecule has 0 saturated carbocycles. The van der Waals surface area contributed by atoms with Crippen LogP contribution in [0.3, 0.4) is 0 Å². The van der Waals surface area contributed by atoms with Gasteiger partial charge in [0.05, 0.1) is 4.11 Å². The minimum atomic E-state index is -5.03. The number of halogens is 1. The molecule has 0 bridgehead atoms. The molecule has 3 rings (SSSR count). The van der Waals surface area contributed by atoms with Crippen molar-refractivity contribution in [3.05, 3.63) is 82.4 Å². The van der Waals surface area contributed by atoms with Crippen molar-refractivity contribution in [3.63, 3.8) is 0 Å². The fourth-order valence-electron chi connectivity index (χ4n) is 2.10. The molecule has 0 aliphatic carbocycles. The second-order valence-corrected chi connectivity index (χ2v) is 6.63. The number of carbonyl (C=O) groups excluding carboxylic acids is 1. The normalized spacial score (nSPS) is 22.8. The first-order chi connectivity index (χ1) is 13.0. The van der Waals surface area contributed by atoms with E-state index in [1.54, 1.807) is 12.1 Å². The van der Waals surface area contributed by atoms with Gasteiger partial charge in [0.15, 0.2) is 6.08 Å². The molecule has 0 saturated heterocycles. The third-order valence-electron chi connectivity index (χ3n) is 3.18. The van der Waals surface area contributed by atoms with Crippen molar-refractivity contribution < 1.29 is 26.2 Å². The summed E-state index contributed by atoms with van der Waals surface area (Å²) in [6.07, 6.45) is -2.45. The van der Waals surface area contributed by atoms with Crippen molar-refractivity contribution in [3.8, 4) is 0 Å². The average Bonchev–Trinajstić information content (AvgIpc) is 2.86. The molecular formula is C17H14ClNO5S. The molecule has 1 aliphatic rings. The van der Waals surface area contributed by atoms with E-state index >= 15 is 0 Å². The zero-order valence-electron chi connectivity index (χ0n) is 15.6. The maximum Gasteiger partial charge on any atom is 0.313 e. The van der Waals surface area contributed by atoms with E-state index in [2.05, 4.69) is 0 Å². The monoisotopic (exact) mass is 382 g/mol. The molecule has 0 amide bonds. The molecular weight excluding hydrogens is 366 g/mol. The lowest BCUT2D eigenvalue weighted by atomic mass is 10.1. The zero-order chi connectivity index (χ0) is 20.7. The topological polar surface area (TPSA) is 95.7 Å². The van der Waals surface area contributed by atoms with Gasteiger partial charge in [0.2, 0.25) is 17.4 Å². The van der Waals surface area contributed by atoms with E-state index in [9.17, 15) is 13.2 Å². The predicted octanol–water partition coefficient (Wildman–Crippen LogP) is 2.65. The van der Waals surface area contributed by atoms with Crippen LogP contribution in [0.15, 0.2) is 66.2 Å². The van der Waals surface area contributed by atoms with Crippen molar-refractivity contribution >= 4 is 27.5 Å². The van der Waals surface area contributed by atoms with E-state index < -0.39 is 39.3 Å².